The average Bonchev–Trinajstić information content (AvgIpc) is 2.20. The fourth-order valence-corrected chi connectivity index (χ4v) is 2.92. The first-order chi connectivity index (χ1) is 5.81. The van der Waals surface area contributed by atoms with Gasteiger partial charge in [-0.3, -0.25) is 4.31 Å². The highest BCUT2D eigenvalue weighted by molar-refractivity contribution is 7.96. The first kappa shape index (κ1) is 10.4. The molecule has 0 aromatic carbocycles. The molecular formula is C10H21NS. The van der Waals surface area contributed by atoms with Crippen molar-refractivity contribution in [3.05, 3.63) is 0 Å². The minimum atomic E-state index is 1.03. The van der Waals surface area contributed by atoms with Crippen LogP contribution >= 0.6 is 11.9 Å². The van der Waals surface area contributed by atoms with Gasteiger partial charge in [0.15, 0.2) is 0 Å². The van der Waals surface area contributed by atoms with Crippen LogP contribution in [0.25, 0.3) is 0 Å². The molecule has 2 heterocycles. The summed E-state index contributed by atoms with van der Waals surface area (Å²) < 4.78 is 2.51. The van der Waals surface area contributed by atoms with Crippen LogP contribution in [0, 0.1) is 17.8 Å². The van der Waals surface area contributed by atoms with Crippen molar-refractivity contribution in [1.29, 1.82) is 0 Å². The first-order valence-corrected chi connectivity index (χ1v) is 6.28. The van der Waals surface area contributed by atoms with E-state index >= 15 is 0 Å². The second-order valence-electron chi connectivity index (χ2n) is 3.64. The van der Waals surface area contributed by atoms with Crippen LogP contribution in [-0.2, 0) is 0 Å². The summed E-state index contributed by atoms with van der Waals surface area (Å²) in [4.78, 5) is 0. The van der Waals surface area contributed by atoms with Gasteiger partial charge in [-0.05, 0) is 30.4 Å². The van der Waals surface area contributed by atoms with Gasteiger partial charge in [0.25, 0.3) is 0 Å². The molecule has 2 aliphatic heterocycles. The molecule has 0 N–H and O–H groups in total. The minimum absolute atomic E-state index is 1.03. The Labute approximate surface area is 81.0 Å². The van der Waals surface area contributed by atoms with Crippen LogP contribution < -0.4 is 0 Å². The highest BCUT2D eigenvalue weighted by atomic mass is 32.2. The quantitative estimate of drug-likeness (QED) is 0.581. The van der Waals surface area contributed by atoms with Crippen LogP contribution in [0.4, 0.5) is 0 Å². The van der Waals surface area contributed by atoms with Crippen molar-refractivity contribution in [2.24, 2.45) is 17.8 Å². The molecule has 0 spiro atoms. The van der Waals surface area contributed by atoms with Gasteiger partial charge in [0.2, 0.25) is 0 Å². The van der Waals surface area contributed by atoms with Crippen LogP contribution in [0.1, 0.15) is 27.2 Å². The number of nitrogens with zero attached hydrogens (tertiary/aromatic N) is 1. The van der Waals surface area contributed by atoms with E-state index in [4.69, 9.17) is 0 Å². The predicted molar refractivity (Wildman–Crippen MR) is 57.2 cm³/mol. The zero-order valence-electron chi connectivity index (χ0n) is 8.71. The molecule has 0 aromatic rings. The maximum atomic E-state index is 2.51. The largest absolute Gasteiger partial charge is 0.250 e. The van der Waals surface area contributed by atoms with E-state index in [-0.39, 0.29) is 0 Å². The second-order valence-corrected chi connectivity index (χ2v) is 4.53. The summed E-state index contributed by atoms with van der Waals surface area (Å²) in [5, 5.41) is 0. The second kappa shape index (κ2) is 4.52. The number of rotatable bonds is 1. The van der Waals surface area contributed by atoms with Crippen molar-refractivity contribution in [2.75, 3.05) is 19.3 Å². The molecule has 3 rings (SSSR count). The van der Waals surface area contributed by atoms with Crippen LogP contribution in [0.3, 0.4) is 0 Å². The van der Waals surface area contributed by atoms with Gasteiger partial charge in [-0.25, -0.2) is 0 Å². The minimum Gasteiger partial charge on any atom is -0.250 e. The van der Waals surface area contributed by atoms with Crippen molar-refractivity contribution < 1.29 is 0 Å². The zero-order chi connectivity index (χ0) is 9.14. The van der Waals surface area contributed by atoms with Gasteiger partial charge in [0.1, 0.15) is 0 Å². The molecule has 2 unspecified atom stereocenters. The Morgan fingerprint density at radius 2 is 1.67 bits per heavy atom. The molecule has 0 radical (unpaired) electrons. The van der Waals surface area contributed by atoms with Crippen molar-refractivity contribution in [2.45, 2.75) is 27.2 Å². The highest BCUT2D eigenvalue weighted by Gasteiger charge is 2.43. The normalized spacial score (nSPS) is 39.5. The zero-order valence-corrected chi connectivity index (χ0v) is 9.53. The summed E-state index contributed by atoms with van der Waals surface area (Å²) in [5.74, 6) is 3.10. The lowest BCUT2D eigenvalue weighted by molar-refractivity contribution is 0.00776. The molecule has 2 heteroatoms. The predicted octanol–water partition coefficient (Wildman–Crippen LogP) is 2.88. The molecule has 12 heavy (non-hydrogen) atoms. The van der Waals surface area contributed by atoms with E-state index in [9.17, 15) is 0 Å². The number of hydrogen-bond acceptors (Lipinski definition) is 2. The van der Waals surface area contributed by atoms with E-state index in [2.05, 4.69) is 17.5 Å². The van der Waals surface area contributed by atoms with Gasteiger partial charge in [-0.15, -0.1) is 0 Å². The first-order valence-electron chi connectivity index (χ1n) is 5.10. The van der Waals surface area contributed by atoms with E-state index in [1.165, 1.54) is 19.5 Å². The number of piperidine rings is 2. The fourth-order valence-electron chi connectivity index (χ4n) is 2.24. The monoisotopic (exact) mass is 187 g/mol. The van der Waals surface area contributed by atoms with E-state index in [1.807, 2.05) is 25.8 Å². The van der Waals surface area contributed by atoms with Gasteiger partial charge < -0.3 is 0 Å². The molecule has 72 valence electrons. The Hall–Kier alpha value is 0.310. The SMILES string of the molecule is CC.CSN1CC2CC(C1)C2C. The number of hydrogen-bond donors (Lipinski definition) is 0. The van der Waals surface area contributed by atoms with Gasteiger partial charge in [-0.2, -0.15) is 0 Å². The Bertz CT molecular complexity index is 126. The molecule has 0 amide bonds. The molecule has 2 atom stereocenters. The summed E-state index contributed by atoms with van der Waals surface area (Å²) in [7, 11) is 0. The Kier molecular flexibility index (Phi) is 3.91. The molecule has 1 nitrogen and oxygen atoms in total. The smallest absolute Gasteiger partial charge is 0.0120 e. The summed E-state index contributed by atoms with van der Waals surface area (Å²) in [6.07, 6.45) is 3.70. The molecule has 3 fully saturated rings. The topological polar surface area (TPSA) is 3.24 Å². The summed E-state index contributed by atoms with van der Waals surface area (Å²) in [6, 6.07) is 0. The van der Waals surface area contributed by atoms with E-state index in [1.54, 1.807) is 0 Å². The van der Waals surface area contributed by atoms with E-state index in [0.29, 0.717) is 0 Å². The summed E-state index contributed by atoms with van der Waals surface area (Å²) in [5.41, 5.74) is 0. The van der Waals surface area contributed by atoms with Crippen molar-refractivity contribution >= 4 is 11.9 Å². The van der Waals surface area contributed by atoms with Gasteiger partial charge in [-0.1, -0.05) is 32.7 Å². The Balaban J connectivity index is 0.000000336. The highest BCUT2D eigenvalue weighted by Crippen LogP contribution is 2.46. The molecule has 0 aromatic heterocycles. The van der Waals surface area contributed by atoms with Gasteiger partial charge in [0, 0.05) is 13.1 Å². The third-order valence-corrected chi connectivity index (χ3v) is 4.04. The molecule has 1 aliphatic carbocycles. The molecule has 3 aliphatic rings. The average molecular weight is 187 g/mol. The third-order valence-electron chi connectivity index (χ3n) is 3.23. The maximum Gasteiger partial charge on any atom is 0.0120 e. The van der Waals surface area contributed by atoms with Crippen molar-refractivity contribution in [3.63, 3.8) is 0 Å². The lowest BCUT2D eigenvalue weighted by atomic mass is 9.63. The van der Waals surface area contributed by atoms with Crippen LogP contribution in [0.15, 0.2) is 0 Å². The molecule has 2 saturated heterocycles. The van der Waals surface area contributed by atoms with Crippen LogP contribution in [0.2, 0.25) is 0 Å². The van der Waals surface area contributed by atoms with E-state index < -0.39 is 0 Å². The maximum absolute atomic E-state index is 2.51. The van der Waals surface area contributed by atoms with Crippen LogP contribution in [0.5, 0.6) is 0 Å². The van der Waals surface area contributed by atoms with E-state index in [0.717, 1.165) is 17.8 Å². The third kappa shape index (κ3) is 1.80. The van der Waals surface area contributed by atoms with Gasteiger partial charge in [0.05, 0.1) is 0 Å². The lowest BCUT2D eigenvalue weighted by Gasteiger charge is -2.51. The Morgan fingerprint density at radius 3 is 2.00 bits per heavy atom. The molecule has 2 bridgehead atoms. The molecule has 1 saturated carbocycles. The number of fused-ring (bicyclic) bond motifs is 2. The van der Waals surface area contributed by atoms with Crippen molar-refractivity contribution in [3.8, 4) is 0 Å². The van der Waals surface area contributed by atoms with Crippen molar-refractivity contribution in [1.82, 2.24) is 4.31 Å². The summed E-state index contributed by atoms with van der Waals surface area (Å²) in [6.45, 7) is 9.11. The fraction of sp³-hybridized carbons (Fsp3) is 1.00. The molecular weight excluding hydrogens is 166 g/mol. The lowest BCUT2D eigenvalue weighted by Crippen LogP contribution is -2.51. The van der Waals surface area contributed by atoms with Crippen LogP contribution in [-0.4, -0.2) is 23.7 Å². The summed E-state index contributed by atoms with van der Waals surface area (Å²) >= 11 is 1.92. The standard InChI is InChI=1S/C8H15NS.C2H6/c1-6-7-3-8(6)5-9(4-7)10-2;1-2/h6-8H,3-5H2,1-2H3;1-2H3. The van der Waals surface area contributed by atoms with Gasteiger partial charge >= 0.3 is 0 Å². The Morgan fingerprint density at radius 1 is 1.17 bits per heavy atom.